The van der Waals surface area contributed by atoms with Crippen molar-refractivity contribution in [2.75, 3.05) is 31.6 Å². The number of hydrogen-bond acceptors (Lipinski definition) is 6. The van der Waals surface area contributed by atoms with Gasteiger partial charge in [-0.25, -0.2) is 10.8 Å². The summed E-state index contributed by atoms with van der Waals surface area (Å²) in [6, 6.07) is 0. The number of amides is 1. The lowest BCUT2D eigenvalue weighted by Crippen LogP contribution is -2.47. The molecule has 0 unspecified atom stereocenters. The molecule has 7 heteroatoms. The van der Waals surface area contributed by atoms with E-state index in [1.165, 1.54) is 0 Å². The highest BCUT2D eigenvalue weighted by Crippen LogP contribution is 2.07. The van der Waals surface area contributed by atoms with Crippen LogP contribution in [0.5, 0.6) is 0 Å². The maximum Gasteiger partial charge on any atom is 0.219 e. The molecule has 0 aromatic carbocycles. The number of hydrazine groups is 1. The summed E-state index contributed by atoms with van der Waals surface area (Å²) < 4.78 is 0. The molecule has 1 fully saturated rings. The average molecular weight is 250 g/mol. The molecule has 1 aliphatic rings. The van der Waals surface area contributed by atoms with Crippen LogP contribution in [0.25, 0.3) is 0 Å². The number of nitrogens with one attached hydrogen (secondary N) is 1. The molecule has 0 bridgehead atoms. The van der Waals surface area contributed by atoms with Crippen molar-refractivity contribution in [3.63, 3.8) is 0 Å². The number of aromatic nitrogens is 2. The van der Waals surface area contributed by atoms with Gasteiger partial charge in [-0.2, -0.15) is 0 Å². The Hall–Kier alpha value is -1.73. The van der Waals surface area contributed by atoms with Crippen molar-refractivity contribution in [1.82, 2.24) is 19.8 Å². The highest BCUT2D eigenvalue weighted by Gasteiger charge is 2.18. The molecule has 0 radical (unpaired) electrons. The molecule has 3 N–H and O–H groups in total. The molecule has 1 aliphatic heterocycles. The van der Waals surface area contributed by atoms with E-state index in [2.05, 4.69) is 20.3 Å². The van der Waals surface area contributed by atoms with E-state index in [1.807, 2.05) is 4.90 Å². The van der Waals surface area contributed by atoms with E-state index in [0.29, 0.717) is 5.82 Å². The second-order valence-corrected chi connectivity index (χ2v) is 4.32. The van der Waals surface area contributed by atoms with Gasteiger partial charge in [0.2, 0.25) is 5.91 Å². The maximum absolute atomic E-state index is 11.2. The molecule has 2 heterocycles. The summed E-state index contributed by atoms with van der Waals surface area (Å²) in [4.78, 5) is 23.7. The quantitative estimate of drug-likeness (QED) is 0.551. The normalized spacial score (nSPS) is 16.7. The van der Waals surface area contributed by atoms with Crippen LogP contribution in [0.4, 0.5) is 5.82 Å². The maximum atomic E-state index is 11.2. The fraction of sp³-hybridized carbons (Fsp3) is 0.545. The summed E-state index contributed by atoms with van der Waals surface area (Å²) in [5, 5.41) is 0. The standard InChI is InChI=1S/C11H18N6O/c1-9(18)17-4-2-16(3-5-17)8-10-6-14-11(15-12)7-13-10/h6-7H,2-5,8,12H2,1H3,(H,14,15). The summed E-state index contributed by atoms with van der Waals surface area (Å²) in [5.41, 5.74) is 3.35. The SMILES string of the molecule is CC(=O)N1CCN(Cc2cnc(NN)cn2)CC1. The van der Waals surface area contributed by atoms with Gasteiger partial charge in [0.1, 0.15) is 0 Å². The Morgan fingerprint density at radius 3 is 2.56 bits per heavy atom. The Labute approximate surface area is 106 Å². The predicted molar refractivity (Wildman–Crippen MR) is 67.4 cm³/mol. The molecule has 1 aromatic heterocycles. The number of nitrogen functional groups attached to an aromatic ring is 1. The van der Waals surface area contributed by atoms with Gasteiger partial charge in [0.25, 0.3) is 0 Å². The molecular formula is C11H18N6O. The Balaban J connectivity index is 1.85. The van der Waals surface area contributed by atoms with Gasteiger partial charge in [0.05, 0.1) is 18.1 Å². The summed E-state index contributed by atoms with van der Waals surface area (Å²) in [6.45, 7) is 5.68. The van der Waals surface area contributed by atoms with E-state index in [4.69, 9.17) is 5.84 Å². The van der Waals surface area contributed by atoms with Crippen molar-refractivity contribution in [2.45, 2.75) is 13.5 Å². The van der Waals surface area contributed by atoms with Crippen molar-refractivity contribution >= 4 is 11.7 Å². The zero-order valence-electron chi connectivity index (χ0n) is 10.5. The summed E-state index contributed by atoms with van der Waals surface area (Å²) in [7, 11) is 0. The molecule has 0 atom stereocenters. The van der Waals surface area contributed by atoms with Gasteiger partial charge in [-0.15, -0.1) is 0 Å². The number of anilines is 1. The van der Waals surface area contributed by atoms with Gasteiger partial charge in [0.15, 0.2) is 5.82 Å². The van der Waals surface area contributed by atoms with Gasteiger partial charge in [-0.05, 0) is 0 Å². The predicted octanol–water partition coefficient (Wildman–Crippen LogP) is -0.574. The third-order valence-corrected chi connectivity index (χ3v) is 3.06. The minimum Gasteiger partial charge on any atom is -0.340 e. The van der Waals surface area contributed by atoms with Gasteiger partial charge in [-0.1, -0.05) is 0 Å². The Bertz CT molecular complexity index is 398. The first-order valence-electron chi connectivity index (χ1n) is 5.94. The topological polar surface area (TPSA) is 87.4 Å². The minimum absolute atomic E-state index is 0.146. The number of rotatable bonds is 3. The second-order valence-electron chi connectivity index (χ2n) is 4.32. The van der Waals surface area contributed by atoms with Crippen LogP contribution >= 0.6 is 0 Å². The fourth-order valence-electron chi connectivity index (χ4n) is 1.96. The van der Waals surface area contributed by atoms with Crippen LogP contribution in [0.15, 0.2) is 12.4 Å². The summed E-state index contributed by atoms with van der Waals surface area (Å²) in [5.74, 6) is 5.93. The average Bonchev–Trinajstić information content (AvgIpc) is 2.40. The lowest BCUT2D eigenvalue weighted by molar-refractivity contribution is -0.130. The molecule has 1 amide bonds. The third-order valence-electron chi connectivity index (χ3n) is 3.06. The van der Waals surface area contributed by atoms with E-state index in [9.17, 15) is 4.79 Å². The van der Waals surface area contributed by atoms with E-state index >= 15 is 0 Å². The zero-order valence-corrected chi connectivity index (χ0v) is 10.5. The number of piperazine rings is 1. The first-order valence-corrected chi connectivity index (χ1v) is 5.94. The Morgan fingerprint density at radius 1 is 1.33 bits per heavy atom. The number of nitrogens with zero attached hydrogens (tertiary/aromatic N) is 4. The highest BCUT2D eigenvalue weighted by atomic mass is 16.2. The minimum atomic E-state index is 0.146. The number of carbonyl (C=O) groups excluding carboxylic acids is 1. The van der Waals surface area contributed by atoms with E-state index in [1.54, 1.807) is 19.3 Å². The Kier molecular flexibility index (Phi) is 4.06. The molecule has 1 saturated heterocycles. The number of nitrogens with two attached hydrogens (primary N) is 1. The molecule has 1 aromatic rings. The third kappa shape index (κ3) is 3.14. The van der Waals surface area contributed by atoms with Crippen LogP contribution in [0.2, 0.25) is 0 Å². The van der Waals surface area contributed by atoms with Crippen molar-refractivity contribution in [3.05, 3.63) is 18.1 Å². The highest BCUT2D eigenvalue weighted by molar-refractivity contribution is 5.73. The van der Waals surface area contributed by atoms with E-state index in [0.717, 1.165) is 38.4 Å². The van der Waals surface area contributed by atoms with Crippen molar-refractivity contribution in [1.29, 1.82) is 0 Å². The van der Waals surface area contributed by atoms with Crippen molar-refractivity contribution in [3.8, 4) is 0 Å². The molecule has 0 saturated carbocycles. The van der Waals surface area contributed by atoms with E-state index < -0.39 is 0 Å². The zero-order chi connectivity index (χ0) is 13.0. The second kappa shape index (κ2) is 5.74. The molecule has 0 spiro atoms. The molecular weight excluding hydrogens is 232 g/mol. The van der Waals surface area contributed by atoms with Gasteiger partial charge < -0.3 is 10.3 Å². The van der Waals surface area contributed by atoms with Crippen LogP contribution in [-0.2, 0) is 11.3 Å². The number of carbonyl (C=O) groups is 1. The summed E-state index contributed by atoms with van der Waals surface area (Å²) >= 11 is 0. The van der Waals surface area contributed by atoms with Crippen LogP contribution in [0.3, 0.4) is 0 Å². The van der Waals surface area contributed by atoms with Crippen LogP contribution in [0.1, 0.15) is 12.6 Å². The smallest absolute Gasteiger partial charge is 0.219 e. The Morgan fingerprint density at radius 2 is 2.06 bits per heavy atom. The fourth-order valence-corrected chi connectivity index (χ4v) is 1.96. The van der Waals surface area contributed by atoms with Crippen LogP contribution in [0, 0.1) is 0 Å². The van der Waals surface area contributed by atoms with E-state index in [-0.39, 0.29) is 5.91 Å². The van der Waals surface area contributed by atoms with Crippen LogP contribution in [-0.4, -0.2) is 51.9 Å². The molecule has 2 rings (SSSR count). The lowest BCUT2D eigenvalue weighted by Gasteiger charge is -2.33. The first-order chi connectivity index (χ1) is 8.69. The molecule has 98 valence electrons. The van der Waals surface area contributed by atoms with Crippen molar-refractivity contribution < 1.29 is 4.79 Å². The van der Waals surface area contributed by atoms with Gasteiger partial charge >= 0.3 is 0 Å². The summed E-state index contributed by atoms with van der Waals surface area (Å²) in [6.07, 6.45) is 3.33. The molecule has 7 nitrogen and oxygen atoms in total. The lowest BCUT2D eigenvalue weighted by atomic mass is 10.3. The van der Waals surface area contributed by atoms with Crippen molar-refractivity contribution in [2.24, 2.45) is 5.84 Å². The first kappa shape index (κ1) is 12.7. The van der Waals surface area contributed by atoms with Gasteiger partial charge in [0, 0.05) is 39.6 Å². The monoisotopic (exact) mass is 250 g/mol. The van der Waals surface area contributed by atoms with Crippen LogP contribution < -0.4 is 11.3 Å². The van der Waals surface area contributed by atoms with Gasteiger partial charge in [-0.3, -0.25) is 14.7 Å². The molecule has 18 heavy (non-hydrogen) atoms. The molecule has 0 aliphatic carbocycles. The largest absolute Gasteiger partial charge is 0.340 e. The number of hydrogen-bond donors (Lipinski definition) is 2.